The molecule has 0 amide bonds. The topological polar surface area (TPSA) is 35.5 Å². The lowest BCUT2D eigenvalue weighted by Gasteiger charge is -2.25. The Bertz CT molecular complexity index is 199. The van der Waals surface area contributed by atoms with E-state index in [4.69, 9.17) is 4.74 Å². The third-order valence-corrected chi connectivity index (χ3v) is 2.13. The highest BCUT2D eigenvalue weighted by atomic mass is 16.7. The average Bonchev–Trinajstić information content (AvgIpc) is 2.14. The van der Waals surface area contributed by atoms with Crippen molar-refractivity contribution in [3.63, 3.8) is 0 Å². The first-order valence-corrected chi connectivity index (χ1v) is 4.84. The summed E-state index contributed by atoms with van der Waals surface area (Å²) in [7, 11) is 1.30. The monoisotopic (exact) mass is 200 g/mol. The zero-order valence-corrected chi connectivity index (χ0v) is 9.50. The summed E-state index contributed by atoms with van der Waals surface area (Å²) in [6.45, 7) is 9.75. The largest absolute Gasteiger partial charge is 0.508 e. The number of rotatable bonds is 5. The molecule has 0 N–H and O–H groups in total. The van der Waals surface area contributed by atoms with E-state index in [0.717, 1.165) is 12.8 Å². The van der Waals surface area contributed by atoms with Gasteiger partial charge in [-0.05, 0) is 31.8 Å². The molecule has 3 nitrogen and oxygen atoms in total. The number of methoxy groups -OCH3 is 1. The van der Waals surface area contributed by atoms with E-state index in [1.807, 2.05) is 6.92 Å². The van der Waals surface area contributed by atoms with Crippen molar-refractivity contribution in [1.82, 2.24) is 0 Å². The number of hydrogen-bond donors (Lipinski definition) is 0. The van der Waals surface area contributed by atoms with E-state index in [-0.39, 0.29) is 0 Å². The Morgan fingerprint density at radius 1 is 1.57 bits per heavy atom. The van der Waals surface area contributed by atoms with E-state index in [9.17, 15) is 4.79 Å². The maximum atomic E-state index is 10.9. The molecule has 82 valence electrons. The summed E-state index contributed by atoms with van der Waals surface area (Å²) in [6, 6.07) is 0. The molecule has 0 unspecified atom stereocenters. The fourth-order valence-corrected chi connectivity index (χ4v) is 1.00. The quantitative estimate of drug-likeness (QED) is 0.505. The van der Waals surface area contributed by atoms with Crippen molar-refractivity contribution in [2.24, 2.45) is 5.92 Å². The average molecular weight is 200 g/mol. The predicted octanol–water partition coefficient (Wildman–Crippen LogP) is 3.15. The van der Waals surface area contributed by atoms with Crippen molar-refractivity contribution in [2.75, 3.05) is 7.11 Å². The molecule has 0 saturated carbocycles. The molecule has 0 bridgehead atoms. The zero-order chi connectivity index (χ0) is 11.2. The first-order chi connectivity index (χ1) is 6.43. The third kappa shape index (κ3) is 4.90. The Morgan fingerprint density at radius 3 is 2.50 bits per heavy atom. The Labute approximate surface area is 86.1 Å². The van der Waals surface area contributed by atoms with Crippen molar-refractivity contribution < 1.29 is 14.3 Å². The van der Waals surface area contributed by atoms with Crippen LogP contribution in [-0.4, -0.2) is 18.9 Å². The van der Waals surface area contributed by atoms with Crippen LogP contribution in [-0.2, 0) is 9.47 Å². The second-order valence-corrected chi connectivity index (χ2v) is 4.01. The van der Waals surface area contributed by atoms with Gasteiger partial charge in [0, 0.05) is 0 Å². The Balaban J connectivity index is 4.17. The van der Waals surface area contributed by atoms with Crippen molar-refractivity contribution >= 4 is 6.16 Å². The summed E-state index contributed by atoms with van der Waals surface area (Å²) >= 11 is 0. The minimum Gasteiger partial charge on any atom is -0.438 e. The minimum atomic E-state index is -0.656. The Morgan fingerprint density at radius 2 is 2.14 bits per heavy atom. The van der Waals surface area contributed by atoms with E-state index in [1.54, 1.807) is 6.08 Å². The molecule has 3 heteroatoms. The van der Waals surface area contributed by atoms with Crippen LogP contribution < -0.4 is 0 Å². The maximum Gasteiger partial charge on any atom is 0.508 e. The lowest BCUT2D eigenvalue weighted by molar-refractivity contribution is 0.00254. The Hall–Kier alpha value is -0.990. The van der Waals surface area contributed by atoms with Crippen molar-refractivity contribution in [3.8, 4) is 0 Å². The highest BCUT2D eigenvalue weighted by Crippen LogP contribution is 2.22. The molecule has 14 heavy (non-hydrogen) atoms. The third-order valence-electron chi connectivity index (χ3n) is 2.13. The van der Waals surface area contributed by atoms with Gasteiger partial charge >= 0.3 is 6.16 Å². The SMILES string of the molecule is C=C[C@@](C)(CCC(C)C)OC(=O)OC. The summed E-state index contributed by atoms with van der Waals surface area (Å²) < 4.78 is 9.55. The molecule has 1 atom stereocenters. The van der Waals surface area contributed by atoms with Crippen LogP contribution in [0.1, 0.15) is 33.6 Å². The van der Waals surface area contributed by atoms with Crippen molar-refractivity contribution in [3.05, 3.63) is 12.7 Å². The molecule has 0 radical (unpaired) electrons. The first kappa shape index (κ1) is 13.0. The van der Waals surface area contributed by atoms with Crippen LogP contribution in [0.5, 0.6) is 0 Å². The van der Waals surface area contributed by atoms with Gasteiger partial charge in [0.05, 0.1) is 7.11 Å². The van der Waals surface area contributed by atoms with Crippen molar-refractivity contribution in [2.45, 2.75) is 39.2 Å². The van der Waals surface area contributed by atoms with Crippen LogP contribution in [0.3, 0.4) is 0 Å². The van der Waals surface area contributed by atoms with E-state index in [0.29, 0.717) is 5.92 Å². The number of carbonyl (C=O) groups excluding carboxylic acids is 1. The molecule has 0 spiro atoms. The van der Waals surface area contributed by atoms with Crippen molar-refractivity contribution in [1.29, 1.82) is 0 Å². The highest BCUT2D eigenvalue weighted by Gasteiger charge is 2.25. The summed E-state index contributed by atoms with van der Waals surface area (Å²) in [5.74, 6) is 0.579. The molecule has 0 heterocycles. The second kappa shape index (κ2) is 5.68. The van der Waals surface area contributed by atoms with Crippen LogP contribution >= 0.6 is 0 Å². The maximum absolute atomic E-state index is 10.9. The fraction of sp³-hybridized carbons (Fsp3) is 0.727. The molecule has 0 aliphatic rings. The molecule has 0 rings (SSSR count). The molecular formula is C11H20O3. The molecular weight excluding hydrogens is 180 g/mol. The number of hydrogen-bond acceptors (Lipinski definition) is 3. The smallest absolute Gasteiger partial charge is 0.438 e. The number of ether oxygens (including phenoxy) is 2. The normalized spacial score (nSPS) is 14.6. The van der Waals surface area contributed by atoms with Gasteiger partial charge in [-0.2, -0.15) is 0 Å². The van der Waals surface area contributed by atoms with Gasteiger partial charge in [0.1, 0.15) is 5.60 Å². The van der Waals surface area contributed by atoms with Gasteiger partial charge < -0.3 is 9.47 Å². The second-order valence-electron chi connectivity index (χ2n) is 4.01. The van der Waals surface area contributed by atoms with Gasteiger partial charge in [0.25, 0.3) is 0 Å². The van der Waals surface area contributed by atoms with Gasteiger partial charge in [-0.1, -0.05) is 20.4 Å². The molecule has 0 aliphatic heterocycles. The molecule has 0 aromatic rings. The van der Waals surface area contributed by atoms with Gasteiger partial charge in [0.15, 0.2) is 0 Å². The van der Waals surface area contributed by atoms with Gasteiger partial charge in [-0.3, -0.25) is 0 Å². The van der Waals surface area contributed by atoms with E-state index in [2.05, 4.69) is 25.2 Å². The molecule has 0 aromatic heterocycles. The lowest BCUT2D eigenvalue weighted by atomic mass is 9.95. The van der Waals surface area contributed by atoms with Crippen LogP contribution in [0.4, 0.5) is 4.79 Å². The van der Waals surface area contributed by atoms with Gasteiger partial charge in [-0.15, -0.1) is 0 Å². The number of carbonyl (C=O) groups is 1. The van der Waals surface area contributed by atoms with Crippen LogP contribution in [0.2, 0.25) is 0 Å². The summed E-state index contributed by atoms with van der Waals surface area (Å²) in [5, 5.41) is 0. The van der Waals surface area contributed by atoms with E-state index >= 15 is 0 Å². The highest BCUT2D eigenvalue weighted by molar-refractivity contribution is 5.60. The summed E-state index contributed by atoms with van der Waals surface area (Å²) in [4.78, 5) is 10.9. The van der Waals surface area contributed by atoms with Gasteiger partial charge in [0.2, 0.25) is 0 Å². The van der Waals surface area contributed by atoms with E-state index in [1.165, 1.54) is 7.11 Å². The molecule has 0 aliphatic carbocycles. The van der Waals surface area contributed by atoms with Crippen LogP contribution in [0.15, 0.2) is 12.7 Å². The summed E-state index contributed by atoms with van der Waals surface area (Å²) in [6.07, 6.45) is 2.74. The summed E-state index contributed by atoms with van der Waals surface area (Å²) in [5.41, 5.74) is -0.614. The predicted molar refractivity (Wildman–Crippen MR) is 56.2 cm³/mol. The zero-order valence-electron chi connectivity index (χ0n) is 9.50. The lowest BCUT2D eigenvalue weighted by Crippen LogP contribution is -2.29. The standard InChI is InChI=1S/C11H20O3/c1-6-11(4,8-7-9(2)3)14-10(12)13-5/h6,9H,1,7-8H2,2-5H3/t11-/m0/s1. The molecule has 0 saturated heterocycles. The van der Waals surface area contributed by atoms with Crippen LogP contribution in [0.25, 0.3) is 0 Å². The fourth-order valence-electron chi connectivity index (χ4n) is 1.00. The van der Waals surface area contributed by atoms with Crippen LogP contribution in [0, 0.1) is 5.92 Å². The Kier molecular flexibility index (Phi) is 5.28. The molecule has 0 aromatic carbocycles. The first-order valence-electron chi connectivity index (χ1n) is 4.84. The molecule has 0 fully saturated rings. The van der Waals surface area contributed by atoms with E-state index < -0.39 is 11.8 Å². The minimum absolute atomic E-state index is 0.579. The van der Waals surface area contributed by atoms with Gasteiger partial charge in [-0.25, -0.2) is 4.79 Å².